The van der Waals surface area contributed by atoms with Gasteiger partial charge in [0.1, 0.15) is 0 Å². The summed E-state index contributed by atoms with van der Waals surface area (Å²) in [6, 6.07) is 15.7. The molecule has 0 saturated carbocycles. The first-order valence-corrected chi connectivity index (χ1v) is 7.83. The maximum absolute atomic E-state index is 3.62. The van der Waals surface area contributed by atoms with Crippen LogP contribution in [0.15, 0.2) is 42.5 Å². The Morgan fingerprint density at radius 2 is 1.79 bits per heavy atom. The lowest BCUT2D eigenvalue weighted by Gasteiger charge is -2.15. The number of hydrogen-bond donors (Lipinski definition) is 1. The average Bonchev–Trinajstić information content (AvgIpc) is 2.86. The Morgan fingerprint density at radius 3 is 2.42 bits per heavy atom. The topological polar surface area (TPSA) is 12.0 Å². The van der Waals surface area contributed by atoms with E-state index >= 15 is 0 Å². The van der Waals surface area contributed by atoms with Gasteiger partial charge in [-0.05, 0) is 50.4 Å². The molecule has 0 bridgehead atoms. The maximum Gasteiger partial charge on any atom is 0.0386 e. The van der Waals surface area contributed by atoms with Crippen LogP contribution in [0.25, 0.3) is 0 Å². The van der Waals surface area contributed by atoms with Crippen molar-refractivity contribution < 1.29 is 0 Å². The molecule has 2 rings (SSSR count). The summed E-state index contributed by atoms with van der Waals surface area (Å²) >= 11 is 1.89. The molecule has 0 saturated heterocycles. The Hall–Kier alpha value is -1.12. The standard InChI is InChI=1S/C17H23NS/c1-13(16-7-5-4-6-8-16)11-12-18-15(3)17-10-9-14(2)19-17/h4-10,13,15,18H,11-12H2,1-3H3. The highest BCUT2D eigenvalue weighted by molar-refractivity contribution is 7.12. The summed E-state index contributed by atoms with van der Waals surface area (Å²) < 4.78 is 0. The van der Waals surface area contributed by atoms with Crippen LogP contribution < -0.4 is 5.32 Å². The lowest BCUT2D eigenvalue weighted by atomic mass is 9.98. The van der Waals surface area contributed by atoms with Crippen LogP contribution in [0.2, 0.25) is 0 Å². The second-order valence-corrected chi connectivity index (χ2v) is 6.54. The van der Waals surface area contributed by atoms with Crippen LogP contribution in [0.1, 0.15) is 47.5 Å². The third kappa shape index (κ3) is 4.19. The number of nitrogens with one attached hydrogen (secondary N) is 1. The van der Waals surface area contributed by atoms with Gasteiger partial charge in [-0.25, -0.2) is 0 Å². The Morgan fingerprint density at radius 1 is 1.05 bits per heavy atom. The van der Waals surface area contributed by atoms with E-state index < -0.39 is 0 Å². The molecule has 1 heterocycles. The first-order valence-electron chi connectivity index (χ1n) is 7.01. The normalized spacial score (nSPS) is 14.3. The molecule has 1 aromatic carbocycles. The average molecular weight is 273 g/mol. The Balaban J connectivity index is 1.77. The maximum atomic E-state index is 3.62. The van der Waals surface area contributed by atoms with Crippen molar-refractivity contribution >= 4 is 11.3 Å². The molecule has 0 fully saturated rings. The van der Waals surface area contributed by atoms with Gasteiger partial charge in [-0.3, -0.25) is 0 Å². The number of rotatable bonds is 6. The number of benzene rings is 1. The van der Waals surface area contributed by atoms with Gasteiger partial charge in [0.15, 0.2) is 0 Å². The second kappa shape index (κ2) is 6.88. The molecule has 1 aromatic heterocycles. The molecule has 2 heteroatoms. The molecule has 102 valence electrons. The summed E-state index contributed by atoms with van der Waals surface area (Å²) in [6.45, 7) is 7.78. The van der Waals surface area contributed by atoms with Crippen molar-refractivity contribution in [3.63, 3.8) is 0 Å². The van der Waals surface area contributed by atoms with Gasteiger partial charge in [-0.15, -0.1) is 11.3 Å². The van der Waals surface area contributed by atoms with Crippen LogP contribution in [-0.2, 0) is 0 Å². The van der Waals surface area contributed by atoms with Gasteiger partial charge in [0.25, 0.3) is 0 Å². The number of thiophene rings is 1. The van der Waals surface area contributed by atoms with Crippen LogP contribution in [-0.4, -0.2) is 6.54 Å². The lowest BCUT2D eigenvalue weighted by Crippen LogP contribution is -2.20. The molecule has 2 unspecified atom stereocenters. The minimum Gasteiger partial charge on any atom is -0.309 e. The van der Waals surface area contributed by atoms with Crippen LogP contribution in [0.5, 0.6) is 0 Å². The van der Waals surface area contributed by atoms with Gasteiger partial charge in [-0.2, -0.15) is 0 Å². The highest BCUT2D eigenvalue weighted by Crippen LogP contribution is 2.23. The van der Waals surface area contributed by atoms with Crippen LogP contribution >= 0.6 is 11.3 Å². The van der Waals surface area contributed by atoms with Gasteiger partial charge >= 0.3 is 0 Å². The van der Waals surface area contributed by atoms with Crippen LogP contribution in [0.3, 0.4) is 0 Å². The van der Waals surface area contributed by atoms with Gasteiger partial charge < -0.3 is 5.32 Å². The zero-order valence-corrected chi connectivity index (χ0v) is 12.8. The minimum atomic E-state index is 0.460. The molecule has 0 aliphatic heterocycles. The molecule has 0 aliphatic carbocycles. The van der Waals surface area contributed by atoms with Crippen molar-refractivity contribution in [1.82, 2.24) is 5.32 Å². The van der Waals surface area contributed by atoms with Gasteiger partial charge in [0.05, 0.1) is 0 Å². The molecule has 0 aliphatic rings. The third-order valence-electron chi connectivity index (χ3n) is 3.58. The molecule has 0 amide bonds. The molecule has 19 heavy (non-hydrogen) atoms. The van der Waals surface area contributed by atoms with E-state index in [4.69, 9.17) is 0 Å². The van der Waals surface area contributed by atoms with E-state index in [2.05, 4.69) is 68.6 Å². The summed E-state index contributed by atoms with van der Waals surface area (Å²) in [5, 5.41) is 3.62. The van der Waals surface area contributed by atoms with Crippen molar-refractivity contribution in [3.05, 3.63) is 57.8 Å². The highest BCUT2D eigenvalue weighted by Gasteiger charge is 2.08. The highest BCUT2D eigenvalue weighted by atomic mass is 32.1. The van der Waals surface area contributed by atoms with Crippen LogP contribution in [0.4, 0.5) is 0 Å². The first kappa shape index (κ1) is 14.3. The van der Waals surface area contributed by atoms with Crippen molar-refractivity contribution in [2.75, 3.05) is 6.54 Å². The Kier molecular flexibility index (Phi) is 5.17. The third-order valence-corrected chi connectivity index (χ3v) is 4.77. The minimum absolute atomic E-state index is 0.460. The zero-order chi connectivity index (χ0) is 13.7. The molecule has 1 N–H and O–H groups in total. The number of aryl methyl sites for hydroxylation is 1. The van der Waals surface area contributed by atoms with Crippen molar-refractivity contribution in [2.24, 2.45) is 0 Å². The molecule has 2 atom stereocenters. The largest absolute Gasteiger partial charge is 0.309 e. The van der Waals surface area contributed by atoms with Crippen molar-refractivity contribution in [2.45, 2.75) is 39.2 Å². The fourth-order valence-corrected chi connectivity index (χ4v) is 3.16. The van der Waals surface area contributed by atoms with Crippen molar-refractivity contribution in [3.8, 4) is 0 Å². The predicted octanol–water partition coefficient (Wildman–Crippen LogP) is 4.90. The predicted molar refractivity (Wildman–Crippen MR) is 84.9 cm³/mol. The van der Waals surface area contributed by atoms with Gasteiger partial charge in [0, 0.05) is 15.8 Å². The van der Waals surface area contributed by atoms with Crippen molar-refractivity contribution in [1.29, 1.82) is 0 Å². The van der Waals surface area contributed by atoms with Gasteiger partial charge in [-0.1, -0.05) is 37.3 Å². The molecule has 1 nitrogen and oxygen atoms in total. The molecule has 0 spiro atoms. The Bertz CT molecular complexity index is 489. The monoisotopic (exact) mass is 273 g/mol. The van der Waals surface area contributed by atoms with Crippen LogP contribution in [0, 0.1) is 6.92 Å². The second-order valence-electron chi connectivity index (χ2n) is 5.22. The smallest absolute Gasteiger partial charge is 0.0386 e. The summed E-state index contributed by atoms with van der Waals surface area (Å²) in [5.41, 5.74) is 1.43. The van der Waals surface area contributed by atoms with E-state index in [1.165, 1.54) is 21.7 Å². The molecular weight excluding hydrogens is 250 g/mol. The van der Waals surface area contributed by atoms with E-state index in [9.17, 15) is 0 Å². The zero-order valence-electron chi connectivity index (χ0n) is 12.0. The fourth-order valence-electron chi connectivity index (χ4n) is 2.25. The van der Waals surface area contributed by atoms with E-state index in [1.54, 1.807) is 0 Å². The van der Waals surface area contributed by atoms with Gasteiger partial charge in [0.2, 0.25) is 0 Å². The summed E-state index contributed by atoms with van der Waals surface area (Å²) in [4.78, 5) is 2.83. The fraction of sp³-hybridized carbons (Fsp3) is 0.412. The number of hydrogen-bond acceptors (Lipinski definition) is 2. The van der Waals surface area contributed by atoms with E-state index in [0.29, 0.717) is 12.0 Å². The molecule has 0 radical (unpaired) electrons. The molecular formula is C17H23NS. The summed E-state index contributed by atoms with van der Waals surface area (Å²) in [6.07, 6.45) is 1.18. The summed E-state index contributed by atoms with van der Waals surface area (Å²) in [7, 11) is 0. The first-order chi connectivity index (χ1) is 9.16. The summed E-state index contributed by atoms with van der Waals surface area (Å²) in [5.74, 6) is 0.617. The van der Waals surface area contributed by atoms with E-state index in [-0.39, 0.29) is 0 Å². The molecule has 2 aromatic rings. The van der Waals surface area contributed by atoms with E-state index in [0.717, 1.165) is 6.54 Å². The Labute approximate surface area is 120 Å². The van der Waals surface area contributed by atoms with E-state index in [1.807, 2.05) is 11.3 Å². The quantitative estimate of drug-likeness (QED) is 0.789. The lowest BCUT2D eigenvalue weighted by molar-refractivity contribution is 0.536. The SMILES string of the molecule is Cc1ccc(C(C)NCCC(C)c2ccccc2)s1.